The van der Waals surface area contributed by atoms with Gasteiger partial charge < -0.3 is 14.8 Å². The van der Waals surface area contributed by atoms with Crippen molar-refractivity contribution in [1.29, 1.82) is 0 Å². The molecule has 8 heteroatoms. The standard InChI is InChI=1S/C27H34N2O5S/c1-33-24-9-6-22(13-25(24)34-2)28-26(30)17-29(35(3,31)32)23-7-4-21(5-8-23)27-14-18-10-19(15-27)12-20(11-18)16-27/h4-9,13,18-20H,10-12,14-17H2,1-3H3,(H,28,30). The van der Waals surface area contributed by atoms with Crippen LogP contribution < -0.4 is 19.1 Å². The molecule has 1 amide bonds. The number of sulfonamides is 1. The summed E-state index contributed by atoms with van der Waals surface area (Å²) in [6.45, 7) is -0.316. The molecule has 4 bridgehead atoms. The molecule has 0 heterocycles. The van der Waals surface area contributed by atoms with Crippen LogP contribution in [0, 0.1) is 17.8 Å². The van der Waals surface area contributed by atoms with Crippen LogP contribution in [0.3, 0.4) is 0 Å². The summed E-state index contributed by atoms with van der Waals surface area (Å²) < 4.78 is 36.9. The molecule has 188 valence electrons. The monoisotopic (exact) mass is 498 g/mol. The lowest BCUT2D eigenvalue weighted by Gasteiger charge is -2.57. The summed E-state index contributed by atoms with van der Waals surface area (Å²) in [5, 5.41) is 2.76. The molecule has 4 saturated carbocycles. The van der Waals surface area contributed by atoms with Crippen LogP contribution in [-0.2, 0) is 20.2 Å². The largest absolute Gasteiger partial charge is 0.493 e. The lowest BCUT2D eigenvalue weighted by molar-refractivity contribution is -0.114. The van der Waals surface area contributed by atoms with Gasteiger partial charge >= 0.3 is 0 Å². The van der Waals surface area contributed by atoms with Gasteiger partial charge in [0.1, 0.15) is 6.54 Å². The Balaban J connectivity index is 1.33. The van der Waals surface area contributed by atoms with Crippen LogP contribution >= 0.6 is 0 Å². The first kappa shape index (κ1) is 24.0. The lowest BCUT2D eigenvalue weighted by atomic mass is 9.48. The average molecular weight is 499 g/mol. The minimum atomic E-state index is -3.66. The predicted molar refractivity (Wildman–Crippen MR) is 137 cm³/mol. The molecule has 4 aliphatic carbocycles. The van der Waals surface area contributed by atoms with Gasteiger partial charge in [-0.2, -0.15) is 0 Å². The number of amides is 1. The van der Waals surface area contributed by atoms with Crippen molar-refractivity contribution < 1.29 is 22.7 Å². The maximum absolute atomic E-state index is 12.8. The highest BCUT2D eigenvalue weighted by Gasteiger charge is 2.51. The van der Waals surface area contributed by atoms with E-state index in [1.165, 1.54) is 58.3 Å². The minimum absolute atomic E-state index is 0.244. The average Bonchev–Trinajstić information content (AvgIpc) is 2.81. The summed E-state index contributed by atoms with van der Waals surface area (Å²) in [4.78, 5) is 12.8. The highest BCUT2D eigenvalue weighted by Crippen LogP contribution is 2.60. The number of nitrogens with one attached hydrogen (secondary N) is 1. The van der Waals surface area contributed by atoms with Crippen molar-refractivity contribution >= 4 is 27.3 Å². The van der Waals surface area contributed by atoms with E-state index in [0.717, 1.165) is 28.3 Å². The van der Waals surface area contributed by atoms with Crippen molar-refractivity contribution in [2.24, 2.45) is 17.8 Å². The van der Waals surface area contributed by atoms with Crippen molar-refractivity contribution in [1.82, 2.24) is 0 Å². The van der Waals surface area contributed by atoms with Gasteiger partial charge in [0.25, 0.3) is 0 Å². The third-order valence-electron chi connectivity index (χ3n) is 8.16. The van der Waals surface area contributed by atoms with Crippen molar-refractivity contribution in [2.45, 2.75) is 43.9 Å². The van der Waals surface area contributed by atoms with Gasteiger partial charge in [-0.3, -0.25) is 9.10 Å². The molecular weight excluding hydrogens is 464 g/mol. The van der Waals surface area contributed by atoms with Crippen molar-refractivity contribution in [3.8, 4) is 11.5 Å². The van der Waals surface area contributed by atoms with Gasteiger partial charge in [0.15, 0.2) is 11.5 Å². The maximum Gasteiger partial charge on any atom is 0.245 e. The van der Waals surface area contributed by atoms with Gasteiger partial charge in [0.05, 0.1) is 26.2 Å². The molecule has 1 N–H and O–H groups in total. The molecule has 7 nitrogen and oxygen atoms in total. The zero-order valence-corrected chi connectivity index (χ0v) is 21.4. The van der Waals surface area contributed by atoms with Gasteiger partial charge in [0, 0.05) is 11.8 Å². The van der Waals surface area contributed by atoms with Crippen molar-refractivity contribution in [2.75, 3.05) is 36.6 Å². The summed E-state index contributed by atoms with van der Waals surface area (Å²) in [5.74, 6) is 3.11. The van der Waals surface area contributed by atoms with E-state index in [-0.39, 0.29) is 12.0 Å². The number of anilines is 2. The number of hydrogen-bond donors (Lipinski definition) is 1. The number of methoxy groups -OCH3 is 2. The Morgan fingerprint density at radius 2 is 1.51 bits per heavy atom. The summed E-state index contributed by atoms with van der Waals surface area (Å²) in [7, 11) is -0.607. The molecule has 0 unspecified atom stereocenters. The van der Waals surface area contributed by atoms with E-state index in [0.29, 0.717) is 22.9 Å². The van der Waals surface area contributed by atoms with Crippen LogP contribution in [0.1, 0.15) is 44.1 Å². The van der Waals surface area contributed by atoms with E-state index in [9.17, 15) is 13.2 Å². The molecule has 2 aromatic carbocycles. The molecule has 0 aromatic heterocycles. The maximum atomic E-state index is 12.8. The van der Waals surface area contributed by atoms with E-state index in [4.69, 9.17) is 9.47 Å². The van der Waals surface area contributed by atoms with Crippen LogP contribution in [0.2, 0.25) is 0 Å². The Bertz CT molecular complexity index is 1170. The first-order chi connectivity index (χ1) is 16.7. The quantitative estimate of drug-likeness (QED) is 0.576. The third kappa shape index (κ3) is 4.73. The van der Waals surface area contributed by atoms with Crippen LogP contribution in [0.5, 0.6) is 11.5 Å². The number of rotatable bonds is 8. The molecule has 0 aliphatic heterocycles. The molecule has 0 saturated heterocycles. The summed E-state index contributed by atoms with van der Waals surface area (Å²) in [6, 6.07) is 12.9. The number of nitrogens with zero attached hydrogens (tertiary/aromatic N) is 1. The summed E-state index contributed by atoms with van der Waals surface area (Å²) in [5.41, 5.74) is 2.57. The van der Waals surface area contributed by atoms with Crippen LogP contribution in [-0.4, -0.2) is 41.3 Å². The zero-order chi connectivity index (χ0) is 24.8. The first-order valence-electron chi connectivity index (χ1n) is 12.3. The van der Waals surface area contributed by atoms with Gasteiger partial charge in [-0.1, -0.05) is 12.1 Å². The number of benzene rings is 2. The molecule has 0 radical (unpaired) electrons. The smallest absolute Gasteiger partial charge is 0.245 e. The molecule has 0 spiro atoms. The molecule has 35 heavy (non-hydrogen) atoms. The Hall–Kier alpha value is -2.74. The van der Waals surface area contributed by atoms with E-state index >= 15 is 0 Å². The molecule has 2 aromatic rings. The Morgan fingerprint density at radius 3 is 2.03 bits per heavy atom. The number of ether oxygens (including phenoxy) is 2. The Kier molecular flexibility index (Phi) is 6.20. The van der Waals surface area contributed by atoms with Gasteiger partial charge in [-0.25, -0.2) is 8.42 Å². The van der Waals surface area contributed by atoms with Crippen molar-refractivity contribution in [3.63, 3.8) is 0 Å². The van der Waals surface area contributed by atoms with E-state index < -0.39 is 15.9 Å². The zero-order valence-electron chi connectivity index (χ0n) is 20.6. The van der Waals surface area contributed by atoms with E-state index in [1.807, 2.05) is 12.1 Å². The third-order valence-corrected chi connectivity index (χ3v) is 9.30. The molecular formula is C27H34N2O5S. The Labute approximate surface area is 207 Å². The van der Waals surface area contributed by atoms with Crippen molar-refractivity contribution in [3.05, 3.63) is 48.0 Å². The molecule has 6 rings (SSSR count). The first-order valence-corrected chi connectivity index (χ1v) is 14.1. The summed E-state index contributed by atoms with van der Waals surface area (Å²) >= 11 is 0. The number of hydrogen-bond acceptors (Lipinski definition) is 5. The van der Waals surface area contributed by atoms with Gasteiger partial charge in [-0.15, -0.1) is 0 Å². The second-order valence-corrected chi connectivity index (χ2v) is 12.5. The minimum Gasteiger partial charge on any atom is -0.493 e. The second-order valence-electron chi connectivity index (χ2n) is 10.6. The highest BCUT2D eigenvalue weighted by atomic mass is 32.2. The second kappa shape index (κ2) is 9.04. The van der Waals surface area contributed by atoms with Gasteiger partial charge in [0.2, 0.25) is 15.9 Å². The molecule has 4 aliphatic rings. The number of carbonyl (C=O) groups is 1. The summed E-state index contributed by atoms with van der Waals surface area (Å²) in [6.07, 6.45) is 9.03. The molecule has 4 fully saturated rings. The number of carbonyl (C=O) groups excluding carboxylic acids is 1. The highest BCUT2D eigenvalue weighted by molar-refractivity contribution is 7.92. The topological polar surface area (TPSA) is 84.9 Å². The van der Waals surface area contributed by atoms with Crippen LogP contribution in [0.25, 0.3) is 0 Å². The van der Waals surface area contributed by atoms with E-state index in [2.05, 4.69) is 17.4 Å². The fraction of sp³-hybridized carbons (Fsp3) is 0.519. The predicted octanol–water partition coefficient (Wildman–Crippen LogP) is 4.58. The fourth-order valence-corrected chi connectivity index (χ4v) is 7.95. The normalized spacial score (nSPS) is 26.9. The van der Waals surface area contributed by atoms with Crippen LogP contribution in [0.4, 0.5) is 11.4 Å². The Morgan fingerprint density at radius 1 is 0.943 bits per heavy atom. The lowest BCUT2D eigenvalue weighted by Crippen LogP contribution is -2.48. The van der Waals surface area contributed by atoms with Crippen LogP contribution in [0.15, 0.2) is 42.5 Å². The fourth-order valence-electron chi connectivity index (χ4n) is 7.09. The SMILES string of the molecule is COc1ccc(NC(=O)CN(c2ccc(C34CC5CC(CC(C5)C3)C4)cc2)S(C)(=O)=O)cc1OC. The van der Waals surface area contributed by atoms with Gasteiger partial charge in [-0.05, 0) is 91.5 Å². The van der Waals surface area contributed by atoms with E-state index in [1.54, 1.807) is 18.2 Å². The molecule has 0 atom stereocenters.